The number of methoxy groups -OCH3 is 2. The maximum atomic E-state index is 11.9. The molecule has 4 nitrogen and oxygen atoms in total. The van der Waals surface area contributed by atoms with E-state index in [4.69, 9.17) is 9.47 Å². The number of thiophene rings is 1. The van der Waals surface area contributed by atoms with Crippen LogP contribution in [0.5, 0.6) is 11.5 Å². The molecule has 0 atom stereocenters. The summed E-state index contributed by atoms with van der Waals surface area (Å²) in [6, 6.07) is 7.87. The first-order valence-corrected chi connectivity index (χ1v) is 8.02. The van der Waals surface area contributed by atoms with Crippen LogP contribution in [0.1, 0.15) is 16.0 Å². The van der Waals surface area contributed by atoms with Gasteiger partial charge < -0.3 is 14.8 Å². The molecule has 1 heterocycles. The zero-order valence-corrected chi connectivity index (χ0v) is 14.0. The quantitative estimate of drug-likeness (QED) is 0.853. The molecule has 5 heteroatoms. The molecule has 0 aliphatic carbocycles. The summed E-state index contributed by atoms with van der Waals surface area (Å²) in [6.45, 7) is 2.64. The molecule has 118 valence electrons. The van der Waals surface area contributed by atoms with Gasteiger partial charge in [-0.1, -0.05) is 6.07 Å². The van der Waals surface area contributed by atoms with Gasteiger partial charge in [0.05, 0.1) is 20.6 Å². The molecule has 0 saturated carbocycles. The van der Waals surface area contributed by atoms with Crippen LogP contribution in [0.2, 0.25) is 0 Å². The van der Waals surface area contributed by atoms with Gasteiger partial charge in [0.25, 0.3) is 0 Å². The Hall–Kier alpha value is -2.01. The molecule has 0 bridgehead atoms. The average molecular weight is 319 g/mol. The van der Waals surface area contributed by atoms with Gasteiger partial charge in [0, 0.05) is 11.4 Å². The van der Waals surface area contributed by atoms with Crippen molar-refractivity contribution >= 4 is 17.2 Å². The first-order chi connectivity index (χ1) is 10.6. The highest BCUT2D eigenvalue weighted by atomic mass is 32.1. The fourth-order valence-electron chi connectivity index (χ4n) is 2.26. The third-order valence-corrected chi connectivity index (χ3v) is 4.35. The molecule has 0 spiro atoms. The predicted octanol–water partition coefficient (Wildman–Crippen LogP) is 2.98. The smallest absolute Gasteiger partial charge is 0.225 e. The molecule has 0 aliphatic heterocycles. The maximum absolute atomic E-state index is 11.9. The van der Waals surface area contributed by atoms with Crippen molar-refractivity contribution in [1.82, 2.24) is 5.32 Å². The highest BCUT2D eigenvalue weighted by Gasteiger charge is 2.09. The van der Waals surface area contributed by atoms with Crippen molar-refractivity contribution in [2.24, 2.45) is 0 Å². The minimum Gasteiger partial charge on any atom is -0.493 e. The zero-order valence-electron chi connectivity index (χ0n) is 13.1. The Bertz CT molecular complexity index is 623. The maximum Gasteiger partial charge on any atom is 0.225 e. The molecule has 0 aliphatic rings. The van der Waals surface area contributed by atoms with E-state index < -0.39 is 0 Å². The highest BCUT2D eigenvalue weighted by Crippen LogP contribution is 2.30. The number of amides is 1. The number of hydrogen-bond acceptors (Lipinski definition) is 4. The Labute approximate surface area is 135 Å². The molecule has 22 heavy (non-hydrogen) atoms. The average Bonchev–Trinajstić information content (AvgIpc) is 3.01. The third-order valence-electron chi connectivity index (χ3n) is 3.47. The Morgan fingerprint density at radius 2 is 1.95 bits per heavy atom. The lowest BCUT2D eigenvalue weighted by atomic mass is 10.0. The number of carbonyl (C=O) groups is 1. The largest absolute Gasteiger partial charge is 0.493 e. The van der Waals surface area contributed by atoms with Crippen molar-refractivity contribution in [3.05, 3.63) is 45.6 Å². The minimum absolute atomic E-state index is 0.0561. The van der Waals surface area contributed by atoms with E-state index >= 15 is 0 Å². The summed E-state index contributed by atoms with van der Waals surface area (Å²) in [4.78, 5) is 12.9. The molecular formula is C17H21NO3S. The summed E-state index contributed by atoms with van der Waals surface area (Å²) in [5.74, 6) is 1.50. The van der Waals surface area contributed by atoms with Gasteiger partial charge in [-0.3, -0.25) is 4.79 Å². The van der Waals surface area contributed by atoms with Gasteiger partial charge in [-0.2, -0.15) is 0 Å². The van der Waals surface area contributed by atoms with Crippen LogP contribution in [0.25, 0.3) is 0 Å². The molecule has 2 aromatic rings. The molecule has 1 aromatic heterocycles. The Morgan fingerprint density at radius 1 is 1.23 bits per heavy atom. The normalized spacial score (nSPS) is 10.3. The topological polar surface area (TPSA) is 47.6 Å². The van der Waals surface area contributed by atoms with E-state index in [0.29, 0.717) is 18.7 Å². The second kappa shape index (κ2) is 7.84. The lowest BCUT2D eigenvalue weighted by Gasteiger charge is -2.13. The number of rotatable bonds is 7. The van der Waals surface area contributed by atoms with Gasteiger partial charge in [-0.25, -0.2) is 0 Å². The van der Waals surface area contributed by atoms with E-state index in [1.165, 1.54) is 0 Å². The van der Waals surface area contributed by atoms with Gasteiger partial charge in [-0.15, -0.1) is 11.3 Å². The van der Waals surface area contributed by atoms with Crippen LogP contribution < -0.4 is 14.8 Å². The molecule has 0 radical (unpaired) electrons. The van der Waals surface area contributed by atoms with Crippen LogP contribution in [0.4, 0.5) is 0 Å². The van der Waals surface area contributed by atoms with E-state index in [0.717, 1.165) is 28.2 Å². The van der Waals surface area contributed by atoms with Crippen molar-refractivity contribution in [1.29, 1.82) is 0 Å². The molecule has 2 rings (SSSR count). The molecular weight excluding hydrogens is 298 g/mol. The molecule has 1 N–H and O–H groups in total. The molecule has 0 saturated heterocycles. The highest BCUT2D eigenvalue weighted by molar-refractivity contribution is 7.10. The number of carbonyl (C=O) groups excluding carboxylic acids is 1. The first kappa shape index (κ1) is 16.4. The van der Waals surface area contributed by atoms with Crippen LogP contribution in [0.3, 0.4) is 0 Å². The lowest BCUT2D eigenvalue weighted by Crippen LogP contribution is -2.27. The molecule has 1 aromatic carbocycles. The minimum atomic E-state index is 0.0561. The van der Waals surface area contributed by atoms with E-state index in [-0.39, 0.29) is 5.91 Å². The SMILES string of the molecule is COc1cc(C)c(CCNC(=O)Cc2cccs2)cc1OC. The zero-order chi connectivity index (χ0) is 15.9. The van der Waals surface area contributed by atoms with Crippen LogP contribution in [-0.4, -0.2) is 26.7 Å². The number of benzene rings is 1. The van der Waals surface area contributed by atoms with Gasteiger partial charge in [0.1, 0.15) is 0 Å². The number of hydrogen-bond donors (Lipinski definition) is 1. The second-order valence-electron chi connectivity index (χ2n) is 4.99. The summed E-state index contributed by atoms with van der Waals surface area (Å²) in [7, 11) is 3.25. The number of aryl methyl sites for hydroxylation is 1. The van der Waals surface area contributed by atoms with Crippen LogP contribution in [-0.2, 0) is 17.6 Å². The Kier molecular flexibility index (Phi) is 5.83. The van der Waals surface area contributed by atoms with Crippen molar-refractivity contribution in [2.75, 3.05) is 20.8 Å². The van der Waals surface area contributed by atoms with Crippen molar-refractivity contribution < 1.29 is 14.3 Å². The number of ether oxygens (including phenoxy) is 2. The monoisotopic (exact) mass is 319 g/mol. The first-order valence-electron chi connectivity index (χ1n) is 7.14. The Balaban J connectivity index is 1.90. The molecule has 0 fully saturated rings. The standard InChI is InChI=1S/C17H21NO3S/c1-12-9-15(20-2)16(21-3)10-13(12)6-7-18-17(19)11-14-5-4-8-22-14/h4-5,8-10H,6-7,11H2,1-3H3,(H,18,19). The van der Waals surface area contributed by atoms with E-state index in [1.54, 1.807) is 25.6 Å². The van der Waals surface area contributed by atoms with Crippen molar-refractivity contribution in [3.63, 3.8) is 0 Å². The van der Waals surface area contributed by atoms with Crippen molar-refractivity contribution in [2.45, 2.75) is 19.8 Å². The Morgan fingerprint density at radius 3 is 2.59 bits per heavy atom. The summed E-state index contributed by atoms with van der Waals surface area (Å²) >= 11 is 1.60. The summed E-state index contributed by atoms with van der Waals surface area (Å²) < 4.78 is 10.6. The second-order valence-corrected chi connectivity index (χ2v) is 6.02. The van der Waals surface area contributed by atoms with Crippen LogP contribution in [0, 0.1) is 6.92 Å². The third kappa shape index (κ3) is 4.24. The summed E-state index contributed by atoms with van der Waals surface area (Å²) in [5.41, 5.74) is 2.28. The predicted molar refractivity (Wildman–Crippen MR) is 89.0 cm³/mol. The van der Waals surface area contributed by atoms with Crippen LogP contribution >= 0.6 is 11.3 Å². The number of nitrogens with one attached hydrogen (secondary N) is 1. The fraction of sp³-hybridized carbons (Fsp3) is 0.353. The van der Waals surface area contributed by atoms with E-state index in [2.05, 4.69) is 5.32 Å². The van der Waals surface area contributed by atoms with Gasteiger partial charge in [0.15, 0.2) is 11.5 Å². The lowest BCUT2D eigenvalue weighted by molar-refractivity contribution is -0.120. The fourth-order valence-corrected chi connectivity index (χ4v) is 2.97. The molecule has 0 unspecified atom stereocenters. The van der Waals surface area contributed by atoms with E-state index in [1.807, 2.05) is 36.6 Å². The van der Waals surface area contributed by atoms with Crippen LogP contribution in [0.15, 0.2) is 29.6 Å². The molecule has 1 amide bonds. The van der Waals surface area contributed by atoms with Gasteiger partial charge in [-0.05, 0) is 48.1 Å². The van der Waals surface area contributed by atoms with Gasteiger partial charge >= 0.3 is 0 Å². The van der Waals surface area contributed by atoms with Gasteiger partial charge in [0.2, 0.25) is 5.91 Å². The van der Waals surface area contributed by atoms with Crippen molar-refractivity contribution in [3.8, 4) is 11.5 Å². The summed E-state index contributed by atoms with van der Waals surface area (Å²) in [6.07, 6.45) is 1.21. The van der Waals surface area contributed by atoms with E-state index in [9.17, 15) is 4.79 Å². The summed E-state index contributed by atoms with van der Waals surface area (Å²) in [5, 5.41) is 4.94.